The quantitative estimate of drug-likeness (QED) is 0.680. The maximum absolute atomic E-state index is 12.6. The summed E-state index contributed by atoms with van der Waals surface area (Å²) in [6, 6.07) is 6.47. The van der Waals surface area contributed by atoms with Crippen molar-refractivity contribution in [2.24, 2.45) is 0 Å². The van der Waals surface area contributed by atoms with Crippen LogP contribution in [0, 0.1) is 0 Å². The summed E-state index contributed by atoms with van der Waals surface area (Å²) in [6.07, 6.45) is 0. The van der Waals surface area contributed by atoms with Crippen LogP contribution in [0.15, 0.2) is 24.3 Å². The van der Waals surface area contributed by atoms with Gasteiger partial charge in [-0.25, -0.2) is 4.79 Å². The number of amides is 4. The average Bonchev–Trinajstić information content (AvgIpc) is 2.81. The Kier molecular flexibility index (Phi) is 5.15. The zero-order valence-electron chi connectivity index (χ0n) is 13.6. The maximum atomic E-state index is 12.6. The lowest BCUT2D eigenvalue weighted by Crippen LogP contribution is -2.52. The Morgan fingerprint density at radius 2 is 1.92 bits per heavy atom. The number of halogens is 1. The molecule has 24 heavy (non-hydrogen) atoms. The molecule has 0 aliphatic carbocycles. The van der Waals surface area contributed by atoms with Crippen molar-refractivity contribution in [1.29, 1.82) is 0 Å². The van der Waals surface area contributed by atoms with Crippen molar-refractivity contribution < 1.29 is 14.4 Å². The molecule has 2 aliphatic rings. The second-order valence-electron chi connectivity index (χ2n) is 6.16. The first kappa shape index (κ1) is 18.2. The second-order valence-corrected chi connectivity index (χ2v) is 6.16. The van der Waals surface area contributed by atoms with Crippen molar-refractivity contribution in [3.63, 3.8) is 0 Å². The molecule has 3 rings (SSSR count). The molecule has 0 aromatic heterocycles. The highest BCUT2D eigenvalue weighted by Gasteiger charge is 2.43. The van der Waals surface area contributed by atoms with Gasteiger partial charge < -0.3 is 15.5 Å². The van der Waals surface area contributed by atoms with Gasteiger partial charge in [-0.3, -0.25) is 14.9 Å². The standard InChI is InChI=1S/C16H20N4O3.ClH/c1-10-9-17-7-8-20(10)13(21)11-3-5-12(6-4-11)16(2)14(22)18-15(23)19-16;/h3-6,10,17H,7-9H2,1-2H3,(H2,18,19,22,23);1H/t10-,16?;/m1./s1. The molecule has 2 saturated heterocycles. The fourth-order valence-corrected chi connectivity index (χ4v) is 3.00. The number of rotatable bonds is 2. The molecule has 3 N–H and O–H groups in total. The van der Waals surface area contributed by atoms with E-state index in [1.807, 2.05) is 11.8 Å². The largest absolute Gasteiger partial charge is 0.333 e. The molecule has 2 fully saturated rings. The summed E-state index contributed by atoms with van der Waals surface area (Å²) >= 11 is 0. The number of nitrogens with zero attached hydrogens (tertiary/aromatic N) is 1. The van der Waals surface area contributed by atoms with E-state index in [2.05, 4.69) is 16.0 Å². The minimum atomic E-state index is -1.10. The number of imide groups is 1. The third-order valence-electron chi connectivity index (χ3n) is 4.52. The highest BCUT2D eigenvalue weighted by Crippen LogP contribution is 2.25. The number of hydrogen-bond acceptors (Lipinski definition) is 4. The lowest BCUT2D eigenvalue weighted by Gasteiger charge is -2.34. The van der Waals surface area contributed by atoms with Gasteiger partial charge in [-0.2, -0.15) is 0 Å². The van der Waals surface area contributed by atoms with E-state index < -0.39 is 17.5 Å². The first-order chi connectivity index (χ1) is 10.9. The summed E-state index contributed by atoms with van der Waals surface area (Å²) in [5.41, 5.74) is 0.127. The molecule has 1 aromatic rings. The zero-order chi connectivity index (χ0) is 16.6. The molecule has 0 saturated carbocycles. The monoisotopic (exact) mass is 352 g/mol. The lowest BCUT2D eigenvalue weighted by atomic mass is 9.91. The summed E-state index contributed by atoms with van der Waals surface area (Å²) in [6.45, 7) is 5.91. The van der Waals surface area contributed by atoms with E-state index in [0.717, 1.165) is 13.1 Å². The van der Waals surface area contributed by atoms with Crippen LogP contribution in [0.5, 0.6) is 0 Å². The van der Waals surface area contributed by atoms with Gasteiger partial charge >= 0.3 is 6.03 Å². The van der Waals surface area contributed by atoms with Crippen LogP contribution < -0.4 is 16.0 Å². The van der Waals surface area contributed by atoms with E-state index in [9.17, 15) is 14.4 Å². The van der Waals surface area contributed by atoms with E-state index in [0.29, 0.717) is 17.7 Å². The number of carbonyl (C=O) groups excluding carboxylic acids is 3. The topological polar surface area (TPSA) is 90.5 Å². The van der Waals surface area contributed by atoms with E-state index in [4.69, 9.17) is 0 Å². The van der Waals surface area contributed by atoms with Gasteiger partial charge in [0, 0.05) is 31.2 Å². The van der Waals surface area contributed by atoms with Gasteiger partial charge in [0.15, 0.2) is 0 Å². The molecule has 130 valence electrons. The van der Waals surface area contributed by atoms with Crippen LogP contribution in [0.4, 0.5) is 4.79 Å². The minimum Gasteiger partial charge on any atom is -0.333 e. The molecular formula is C16H21ClN4O3. The number of urea groups is 1. The van der Waals surface area contributed by atoms with E-state index in [1.54, 1.807) is 31.2 Å². The molecule has 0 spiro atoms. The summed E-state index contributed by atoms with van der Waals surface area (Å²) in [5.74, 6) is -0.409. The van der Waals surface area contributed by atoms with Gasteiger partial charge in [-0.1, -0.05) is 12.1 Å². The Hall–Kier alpha value is -2.12. The Morgan fingerprint density at radius 1 is 1.25 bits per heavy atom. The van der Waals surface area contributed by atoms with Crippen LogP contribution in [-0.2, 0) is 10.3 Å². The highest BCUT2D eigenvalue weighted by molar-refractivity contribution is 6.07. The van der Waals surface area contributed by atoms with Crippen LogP contribution in [0.1, 0.15) is 29.8 Å². The van der Waals surface area contributed by atoms with Crippen LogP contribution in [0.25, 0.3) is 0 Å². The molecule has 1 aromatic carbocycles. The summed E-state index contributed by atoms with van der Waals surface area (Å²) < 4.78 is 0. The predicted molar refractivity (Wildman–Crippen MR) is 91.1 cm³/mol. The summed E-state index contributed by atoms with van der Waals surface area (Å²) in [5, 5.41) is 8.09. The van der Waals surface area contributed by atoms with Crippen molar-refractivity contribution >= 4 is 30.3 Å². The normalized spacial score (nSPS) is 26.4. The summed E-state index contributed by atoms with van der Waals surface area (Å²) in [4.78, 5) is 37.7. The van der Waals surface area contributed by atoms with Gasteiger partial charge in [0.2, 0.25) is 0 Å². The molecule has 4 amide bonds. The molecule has 0 bridgehead atoms. The third kappa shape index (κ3) is 3.09. The number of carbonyl (C=O) groups is 3. The van der Waals surface area contributed by atoms with Gasteiger partial charge in [-0.15, -0.1) is 12.4 Å². The van der Waals surface area contributed by atoms with Crippen molar-refractivity contribution in [3.05, 3.63) is 35.4 Å². The molecule has 2 heterocycles. The molecule has 8 heteroatoms. The predicted octanol–water partition coefficient (Wildman–Crippen LogP) is 0.597. The smallest absolute Gasteiger partial charge is 0.322 e. The highest BCUT2D eigenvalue weighted by atomic mass is 35.5. The number of benzene rings is 1. The molecule has 0 radical (unpaired) electrons. The average molecular weight is 353 g/mol. The van der Waals surface area contributed by atoms with Crippen molar-refractivity contribution in [3.8, 4) is 0 Å². The molecule has 2 atom stereocenters. The maximum Gasteiger partial charge on any atom is 0.322 e. The fraction of sp³-hybridized carbons (Fsp3) is 0.438. The fourth-order valence-electron chi connectivity index (χ4n) is 3.00. The van der Waals surface area contributed by atoms with Gasteiger partial charge in [0.25, 0.3) is 11.8 Å². The molecular weight excluding hydrogens is 332 g/mol. The Balaban J connectivity index is 0.00000208. The lowest BCUT2D eigenvalue weighted by molar-refractivity contribution is -0.123. The van der Waals surface area contributed by atoms with E-state index in [1.165, 1.54) is 0 Å². The van der Waals surface area contributed by atoms with E-state index >= 15 is 0 Å². The van der Waals surface area contributed by atoms with Crippen molar-refractivity contribution in [2.45, 2.75) is 25.4 Å². The van der Waals surface area contributed by atoms with Crippen LogP contribution >= 0.6 is 12.4 Å². The molecule has 7 nitrogen and oxygen atoms in total. The first-order valence-electron chi connectivity index (χ1n) is 7.67. The molecule has 2 aliphatic heterocycles. The van der Waals surface area contributed by atoms with Crippen LogP contribution in [-0.4, -0.2) is 48.4 Å². The SMILES string of the molecule is C[C@@H]1CNCCN1C(=O)c1ccc(C2(C)NC(=O)NC2=O)cc1.Cl. The van der Waals surface area contributed by atoms with Crippen molar-refractivity contribution in [1.82, 2.24) is 20.9 Å². The van der Waals surface area contributed by atoms with Gasteiger partial charge in [-0.05, 0) is 31.5 Å². The van der Waals surface area contributed by atoms with Crippen LogP contribution in [0.3, 0.4) is 0 Å². The Labute approximate surface area is 146 Å². The van der Waals surface area contributed by atoms with E-state index in [-0.39, 0.29) is 24.4 Å². The molecule has 1 unspecified atom stereocenters. The number of nitrogens with one attached hydrogen (secondary N) is 3. The Bertz CT molecular complexity index is 664. The second kappa shape index (κ2) is 6.78. The van der Waals surface area contributed by atoms with Crippen molar-refractivity contribution in [2.75, 3.05) is 19.6 Å². The number of piperazine rings is 1. The van der Waals surface area contributed by atoms with Crippen LogP contribution in [0.2, 0.25) is 0 Å². The number of hydrogen-bond donors (Lipinski definition) is 3. The zero-order valence-corrected chi connectivity index (χ0v) is 14.4. The summed E-state index contributed by atoms with van der Waals surface area (Å²) in [7, 11) is 0. The Morgan fingerprint density at radius 3 is 2.46 bits per heavy atom. The third-order valence-corrected chi connectivity index (χ3v) is 4.52. The minimum absolute atomic E-state index is 0. The van der Waals surface area contributed by atoms with Gasteiger partial charge in [0.05, 0.1) is 0 Å². The van der Waals surface area contributed by atoms with Gasteiger partial charge in [0.1, 0.15) is 5.54 Å². The first-order valence-corrected chi connectivity index (χ1v) is 7.67.